The number of carbonyl (C=O) groups is 1. The summed E-state index contributed by atoms with van der Waals surface area (Å²) in [7, 11) is 0. The minimum atomic E-state index is -4.62. The van der Waals surface area contributed by atoms with Gasteiger partial charge in [0.15, 0.2) is 6.10 Å². The van der Waals surface area contributed by atoms with Gasteiger partial charge in [0.25, 0.3) is 0 Å². The van der Waals surface area contributed by atoms with Crippen LogP contribution in [0.15, 0.2) is 0 Å². The highest BCUT2D eigenvalue weighted by Crippen LogP contribution is 2.26. The van der Waals surface area contributed by atoms with Gasteiger partial charge in [-0.1, -0.05) is 12.8 Å². The third-order valence-electron chi connectivity index (χ3n) is 4.16. The SMILES string of the molecule is O=C1CN(C[C@@H](O)C(F)(F)F)CCN1CC1CCCC1. The van der Waals surface area contributed by atoms with Crippen LogP contribution in [0.5, 0.6) is 0 Å². The molecule has 1 aliphatic heterocycles. The summed E-state index contributed by atoms with van der Waals surface area (Å²) < 4.78 is 36.8. The summed E-state index contributed by atoms with van der Waals surface area (Å²) in [6.07, 6.45) is -2.31. The molecule has 1 N–H and O–H groups in total. The van der Waals surface area contributed by atoms with Gasteiger partial charge in [0, 0.05) is 26.2 Å². The van der Waals surface area contributed by atoms with Crippen molar-refractivity contribution in [3.05, 3.63) is 0 Å². The first-order valence-electron chi connectivity index (χ1n) is 7.11. The van der Waals surface area contributed by atoms with E-state index in [1.807, 2.05) is 0 Å². The number of piperazine rings is 1. The van der Waals surface area contributed by atoms with Crippen molar-refractivity contribution in [1.29, 1.82) is 0 Å². The Kier molecular flexibility index (Phi) is 4.90. The number of hydrogen-bond donors (Lipinski definition) is 1. The van der Waals surface area contributed by atoms with Crippen LogP contribution in [-0.4, -0.2) is 65.8 Å². The zero-order chi connectivity index (χ0) is 14.8. The largest absolute Gasteiger partial charge is 0.415 e. The van der Waals surface area contributed by atoms with Crippen molar-refractivity contribution in [2.75, 3.05) is 32.7 Å². The van der Waals surface area contributed by atoms with Gasteiger partial charge >= 0.3 is 6.18 Å². The Bertz CT molecular complexity index is 343. The first-order chi connectivity index (χ1) is 9.36. The number of alkyl halides is 3. The van der Waals surface area contributed by atoms with Crippen molar-refractivity contribution in [3.8, 4) is 0 Å². The average Bonchev–Trinajstić information content (AvgIpc) is 2.84. The highest BCUT2D eigenvalue weighted by molar-refractivity contribution is 5.79. The van der Waals surface area contributed by atoms with Crippen molar-refractivity contribution in [3.63, 3.8) is 0 Å². The Labute approximate surface area is 116 Å². The quantitative estimate of drug-likeness (QED) is 0.848. The number of aliphatic hydroxyl groups is 1. The number of amides is 1. The maximum absolute atomic E-state index is 12.3. The highest BCUT2D eigenvalue weighted by atomic mass is 19.4. The summed E-state index contributed by atoms with van der Waals surface area (Å²) in [5.74, 6) is 0.420. The Balaban J connectivity index is 1.78. The molecule has 1 atom stereocenters. The summed E-state index contributed by atoms with van der Waals surface area (Å²) in [6, 6.07) is 0. The third kappa shape index (κ3) is 4.09. The fourth-order valence-electron chi connectivity index (χ4n) is 2.96. The van der Waals surface area contributed by atoms with Crippen molar-refractivity contribution < 1.29 is 23.1 Å². The van der Waals surface area contributed by atoms with Crippen molar-refractivity contribution >= 4 is 5.91 Å². The molecule has 0 unspecified atom stereocenters. The molecular formula is C13H21F3N2O2. The third-order valence-corrected chi connectivity index (χ3v) is 4.16. The average molecular weight is 294 g/mol. The van der Waals surface area contributed by atoms with Crippen molar-refractivity contribution in [2.45, 2.75) is 38.0 Å². The Morgan fingerprint density at radius 2 is 1.90 bits per heavy atom. The van der Waals surface area contributed by atoms with Gasteiger partial charge in [0.1, 0.15) is 0 Å². The van der Waals surface area contributed by atoms with Gasteiger partial charge in [-0.05, 0) is 18.8 Å². The van der Waals surface area contributed by atoms with E-state index in [9.17, 15) is 18.0 Å². The van der Waals surface area contributed by atoms with Crippen LogP contribution in [0.1, 0.15) is 25.7 Å². The van der Waals surface area contributed by atoms with E-state index in [0.717, 1.165) is 19.4 Å². The van der Waals surface area contributed by atoms with Crippen molar-refractivity contribution in [2.24, 2.45) is 5.92 Å². The number of rotatable bonds is 4. The van der Waals surface area contributed by atoms with E-state index in [-0.39, 0.29) is 12.5 Å². The number of halogens is 3. The van der Waals surface area contributed by atoms with Crippen LogP contribution in [-0.2, 0) is 4.79 Å². The second-order valence-electron chi connectivity index (χ2n) is 5.78. The summed E-state index contributed by atoms with van der Waals surface area (Å²) in [4.78, 5) is 15.1. The first-order valence-corrected chi connectivity index (χ1v) is 7.11. The zero-order valence-electron chi connectivity index (χ0n) is 11.4. The molecule has 0 radical (unpaired) electrons. The molecule has 1 aliphatic carbocycles. The molecule has 0 aromatic carbocycles. The summed E-state index contributed by atoms with van der Waals surface area (Å²) in [5, 5.41) is 9.03. The van der Waals surface area contributed by atoms with Gasteiger partial charge in [-0.25, -0.2) is 0 Å². The Morgan fingerprint density at radius 1 is 1.25 bits per heavy atom. The smallest absolute Gasteiger partial charge is 0.382 e. The second-order valence-corrected chi connectivity index (χ2v) is 5.78. The molecule has 7 heteroatoms. The van der Waals surface area contributed by atoms with E-state index in [1.165, 1.54) is 17.7 Å². The lowest BCUT2D eigenvalue weighted by Gasteiger charge is -2.36. The molecule has 2 aliphatic rings. The van der Waals surface area contributed by atoms with Gasteiger partial charge in [-0.3, -0.25) is 9.69 Å². The van der Waals surface area contributed by atoms with Gasteiger partial charge in [-0.2, -0.15) is 13.2 Å². The minimum absolute atomic E-state index is 0.0279. The highest BCUT2D eigenvalue weighted by Gasteiger charge is 2.40. The number of nitrogens with zero attached hydrogens (tertiary/aromatic N) is 2. The maximum atomic E-state index is 12.3. The lowest BCUT2D eigenvalue weighted by atomic mass is 10.1. The standard InChI is InChI=1S/C13H21F3N2O2/c14-13(15,16)11(19)8-17-5-6-18(12(20)9-17)7-10-3-1-2-4-10/h10-11,19H,1-9H2/t11-/m1/s1. The van der Waals surface area contributed by atoms with Crippen LogP contribution in [0.2, 0.25) is 0 Å². The van der Waals surface area contributed by atoms with Crippen molar-refractivity contribution in [1.82, 2.24) is 9.80 Å². The first kappa shape index (κ1) is 15.6. The predicted molar refractivity (Wildman–Crippen MR) is 67.0 cm³/mol. The monoisotopic (exact) mass is 294 g/mol. The maximum Gasteiger partial charge on any atom is 0.415 e. The van der Waals surface area contributed by atoms with Crippen LogP contribution in [0.3, 0.4) is 0 Å². The van der Waals surface area contributed by atoms with E-state index >= 15 is 0 Å². The van der Waals surface area contributed by atoms with Crippen LogP contribution >= 0.6 is 0 Å². The van der Waals surface area contributed by atoms with Crippen LogP contribution in [0.25, 0.3) is 0 Å². The Morgan fingerprint density at radius 3 is 2.45 bits per heavy atom. The summed E-state index contributed by atoms with van der Waals surface area (Å²) >= 11 is 0. The molecule has 0 aromatic rings. The van der Waals surface area contributed by atoms with Gasteiger partial charge in [0.2, 0.25) is 5.91 Å². The lowest BCUT2D eigenvalue weighted by Crippen LogP contribution is -2.54. The predicted octanol–water partition coefficient (Wildman–Crippen LogP) is 1.24. The fourth-order valence-corrected chi connectivity index (χ4v) is 2.96. The van der Waals surface area contributed by atoms with E-state index in [2.05, 4.69) is 0 Å². The number of β-amino-alcohol motifs (C(OH)–C–C–N with tert-alkyl or cyclic N) is 1. The number of carbonyl (C=O) groups excluding carboxylic acids is 1. The molecule has 116 valence electrons. The van der Waals surface area contributed by atoms with E-state index in [1.54, 1.807) is 4.90 Å². The molecule has 0 aromatic heterocycles. The molecule has 20 heavy (non-hydrogen) atoms. The molecule has 1 saturated heterocycles. The molecule has 1 saturated carbocycles. The molecule has 2 fully saturated rings. The molecule has 4 nitrogen and oxygen atoms in total. The Hall–Kier alpha value is -0.820. The fraction of sp³-hybridized carbons (Fsp3) is 0.923. The minimum Gasteiger partial charge on any atom is -0.382 e. The number of aliphatic hydroxyl groups excluding tert-OH is 1. The summed E-state index contributed by atoms with van der Waals surface area (Å²) in [5.41, 5.74) is 0. The zero-order valence-corrected chi connectivity index (χ0v) is 11.4. The molecule has 0 bridgehead atoms. The van der Waals surface area contributed by atoms with E-state index in [0.29, 0.717) is 19.0 Å². The molecule has 0 spiro atoms. The van der Waals surface area contributed by atoms with Gasteiger partial charge in [-0.15, -0.1) is 0 Å². The van der Waals surface area contributed by atoms with Crippen LogP contribution in [0, 0.1) is 5.92 Å². The molecule has 1 amide bonds. The van der Waals surface area contributed by atoms with Gasteiger partial charge < -0.3 is 10.0 Å². The molecule has 1 heterocycles. The van der Waals surface area contributed by atoms with E-state index in [4.69, 9.17) is 5.11 Å². The summed E-state index contributed by atoms with van der Waals surface area (Å²) in [6.45, 7) is 1.03. The molecular weight excluding hydrogens is 273 g/mol. The van der Waals surface area contributed by atoms with Crippen LogP contribution < -0.4 is 0 Å². The number of hydrogen-bond acceptors (Lipinski definition) is 3. The lowest BCUT2D eigenvalue weighted by molar-refractivity contribution is -0.209. The topological polar surface area (TPSA) is 43.8 Å². The second kappa shape index (κ2) is 6.30. The normalized spacial score (nSPS) is 24.4. The molecule has 2 rings (SSSR count). The van der Waals surface area contributed by atoms with E-state index < -0.39 is 18.8 Å². The van der Waals surface area contributed by atoms with Gasteiger partial charge in [0.05, 0.1) is 6.54 Å². The van der Waals surface area contributed by atoms with Crippen LogP contribution in [0.4, 0.5) is 13.2 Å².